The highest BCUT2D eigenvalue weighted by Gasteiger charge is 2.11. The Hall–Kier alpha value is -3.80. The number of benzene rings is 3. The molecule has 33 heavy (non-hydrogen) atoms. The molecule has 0 aliphatic rings. The fourth-order valence-electron chi connectivity index (χ4n) is 3.22. The highest BCUT2D eigenvalue weighted by molar-refractivity contribution is 5.94. The summed E-state index contributed by atoms with van der Waals surface area (Å²) in [6.45, 7) is 4.25. The molecule has 0 atom stereocenters. The Labute approximate surface area is 194 Å². The van der Waals surface area contributed by atoms with E-state index in [4.69, 9.17) is 14.2 Å². The first kappa shape index (κ1) is 23.9. The van der Waals surface area contributed by atoms with Gasteiger partial charge in [-0.2, -0.15) is 0 Å². The molecule has 0 aromatic heterocycles. The largest absolute Gasteiger partial charge is 0.493 e. The number of rotatable bonds is 11. The molecule has 1 N–H and O–H groups in total. The number of carbonyl (C=O) groups excluding carboxylic acids is 2. The molecule has 0 aliphatic heterocycles. The summed E-state index contributed by atoms with van der Waals surface area (Å²) in [6, 6.07) is 20.6. The summed E-state index contributed by atoms with van der Waals surface area (Å²) in [5.41, 5.74) is 3.31. The average Bonchev–Trinajstić information content (AvgIpc) is 2.82. The Morgan fingerprint density at radius 2 is 1.67 bits per heavy atom. The second-order valence-corrected chi connectivity index (χ2v) is 7.70. The number of ketones is 1. The first-order valence-corrected chi connectivity index (χ1v) is 10.9. The van der Waals surface area contributed by atoms with Crippen molar-refractivity contribution in [1.29, 1.82) is 0 Å². The minimum atomic E-state index is -0.120. The van der Waals surface area contributed by atoms with Crippen LogP contribution >= 0.6 is 0 Å². The van der Waals surface area contributed by atoms with Crippen LogP contribution in [0.3, 0.4) is 0 Å². The fourth-order valence-corrected chi connectivity index (χ4v) is 3.22. The van der Waals surface area contributed by atoms with Crippen molar-refractivity contribution < 1.29 is 23.8 Å². The quantitative estimate of drug-likeness (QED) is 0.307. The third-order valence-electron chi connectivity index (χ3n) is 5.02. The zero-order valence-electron chi connectivity index (χ0n) is 19.2. The number of hydrogen-bond acceptors (Lipinski definition) is 5. The highest BCUT2D eigenvalue weighted by Crippen LogP contribution is 2.29. The Morgan fingerprint density at radius 3 is 2.39 bits per heavy atom. The van der Waals surface area contributed by atoms with Crippen LogP contribution in [0, 0.1) is 6.92 Å². The summed E-state index contributed by atoms with van der Waals surface area (Å²) in [7, 11) is 1.53. The van der Waals surface area contributed by atoms with Crippen LogP contribution < -0.4 is 19.5 Å². The van der Waals surface area contributed by atoms with Crippen molar-refractivity contribution in [2.75, 3.05) is 19.0 Å². The van der Waals surface area contributed by atoms with Crippen molar-refractivity contribution in [3.05, 3.63) is 83.4 Å². The van der Waals surface area contributed by atoms with E-state index >= 15 is 0 Å². The van der Waals surface area contributed by atoms with Crippen LogP contribution in [0.4, 0.5) is 5.69 Å². The Balaban J connectivity index is 1.51. The molecule has 0 heterocycles. The normalized spacial score (nSPS) is 10.4. The average molecular weight is 448 g/mol. The molecular weight excluding hydrogens is 418 g/mol. The summed E-state index contributed by atoms with van der Waals surface area (Å²) in [6.07, 6.45) is 0.815. The van der Waals surface area contributed by atoms with Gasteiger partial charge in [-0.25, -0.2) is 0 Å². The molecule has 0 saturated carbocycles. The number of amides is 1. The van der Waals surface area contributed by atoms with Crippen LogP contribution in [-0.2, 0) is 11.4 Å². The molecule has 172 valence electrons. The van der Waals surface area contributed by atoms with E-state index in [1.165, 1.54) is 14.0 Å². The second-order valence-electron chi connectivity index (χ2n) is 7.70. The molecule has 1 amide bonds. The zero-order chi connectivity index (χ0) is 23.6. The number of hydrogen-bond donors (Lipinski definition) is 1. The van der Waals surface area contributed by atoms with Crippen LogP contribution in [0.1, 0.15) is 41.3 Å². The lowest BCUT2D eigenvalue weighted by atomic mass is 10.1. The molecule has 3 aromatic carbocycles. The topological polar surface area (TPSA) is 73.9 Å². The first-order valence-electron chi connectivity index (χ1n) is 10.9. The Kier molecular flexibility index (Phi) is 8.47. The van der Waals surface area contributed by atoms with E-state index in [0.717, 1.165) is 11.1 Å². The number of carbonyl (C=O) groups is 2. The van der Waals surface area contributed by atoms with E-state index < -0.39 is 0 Å². The molecule has 0 aliphatic carbocycles. The van der Waals surface area contributed by atoms with Gasteiger partial charge in [-0.3, -0.25) is 9.59 Å². The number of anilines is 1. The monoisotopic (exact) mass is 447 g/mol. The standard InChI is InChI=1S/C27H29NO5/c1-19-11-13-23(25(16-19)33-18-21-8-5-4-6-9-21)28-27(30)10-7-15-32-24-14-12-22(20(2)29)17-26(24)31-3/h4-6,8-9,11-14,16-17H,7,10,15,18H2,1-3H3,(H,28,30). The van der Waals surface area contributed by atoms with Gasteiger partial charge < -0.3 is 19.5 Å². The predicted octanol–water partition coefficient (Wildman–Crippen LogP) is 5.58. The Bertz CT molecular complexity index is 1090. The van der Waals surface area contributed by atoms with E-state index in [2.05, 4.69) is 5.32 Å². The third kappa shape index (κ3) is 7.10. The van der Waals surface area contributed by atoms with Gasteiger partial charge in [-0.1, -0.05) is 36.4 Å². The van der Waals surface area contributed by atoms with E-state index in [1.54, 1.807) is 18.2 Å². The van der Waals surface area contributed by atoms with Crippen LogP contribution in [0.15, 0.2) is 66.7 Å². The van der Waals surface area contributed by atoms with Crippen molar-refractivity contribution in [2.45, 2.75) is 33.3 Å². The molecular formula is C27H29NO5. The maximum absolute atomic E-state index is 12.5. The van der Waals surface area contributed by atoms with E-state index in [0.29, 0.717) is 54.6 Å². The lowest BCUT2D eigenvalue weighted by Gasteiger charge is -2.14. The van der Waals surface area contributed by atoms with Crippen molar-refractivity contribution in [3.8, 4) is 17.2 Å². The molecule has 3 rings (SSSR count). The van der Waals surface area contributed by atoms with Gasteiger partial charge in [0.15, 0.2) is 17.3 Å². The van der Waals surface area contributed by atoms with Gasteiger partial charge in [0.2, 0.25) is 5.91 Å². The maximum Gasteiger partial charge on any atom is 0.224 e. The molecule has 0 saturated heterocycles. The molecule has 0 spiro atoms. The lowest BCUT2D eigenvalue weighted by molar-refractivity contribution is -0.116. The van der Waals surface area contributed by atoms with Crippen LogP contribution in [0.2, 0.25) is 0 Å². The summed E-state index contributed by atoms with van der Waals surface area (Å²) in [5.74, 6) is 1.51. The number of Topliss-reactive ketones (excluding diaryl/α,β-unsaturated/α-hetero) is 1. The van der Waals surface area contributed by atoms with Crippen molar-refractivity contribution in [3.63, 3.8) is 0 Å². The third-order valence-corrected chi connectivity index (χ3v) is 5.02. The summed E-state index contributed by atoms with van der Waals surface area (Å²) in [5, 5.41) is 2.93. The van der Waals surface area contributed by atoms with Gasteiger partial charge in [0.05, 0.1) is 19.4 Å². The Morgan fingerprint density at radius 1 is 0.879 bits per heavy atom. The summed E-state index contributed by atoms with van der Waals surface area (Å²) in [4.78, 5) is 24.0. The van der Waals surface area contributed by atoms with Crippen LogP contribution in [-0.4, -0.2) is 25.4 Å². The predicted molar refractivity (Wildman–Crippen MR) is 128 cm³/mol. The molecule has 0 radical (unpaired) electrons. The molecule has 6 heteroatoms. The van der Waals surface area contributed by atoms with Crippen molar-refractivity contribution >= 4 is 17.4 Å². The van der Waals surface area contributed by atoms with Gasteiger partial charge in [-0.15, -0.1) is 0 Å². The van der Waals surface area contributed by atoms with Gasteiger partial charge >= 0.3 is 0 Å². The van der Waals surface area contributed by atoms with Gasteiger partial charge in [-0.05, 0) is 61.7 Å². The zero-order valence-corrected chi connectivity index (χ0v) is 19.2. The lowest BCUT2D eigenvalue weighted by Crippen LogP contribution is -2.14. The van der Waals surface area contributed by atoms with Gasteiger partial charge in [0.25, 0.3) is 0 Å². The number of aryl methyl sites for hydroxylation is 1. The summed E-state index contributed by atoms with van der Waals surface area (Å²) < 4.78 is 17.0. The molecule has 3 aromatic rings. The number of nitrogens with one attached hydrogen (secondary N) is 1. The van der Waals surface area contributed by atoms with E-state index in [-0.39, 0.29) is 11.7 Å². The first-order chi connectivity index (χ1) is 16.0. The molecule has 0 fully saturated rings. The fraction of sp³-hybridized carbons (Fsp3) is 0.259. The minimum Gasteiger partial charge on any atom is -0.493 e. The number of methoxy groups -OCH3 is 1. The molecule has 6 nitrogen and oxygen atoms in total. The molecule has 0 unspecified atom stereocenters. The second kappa shape index (κ2) is 11.7. The van der Waals surface area contributed by atoms with Crippen molar-refractivity contribution in [2.24, 2.45) is 0 Å². The summed E-state index contributed by atoms with van der Waals surface area (Å²) >= 11 is 0. The highest BCUT2D eigenvalue weighted by atomic mass is 16.5. The van der Waals surface area contributed by atoms with Gasteiger partial charge in [0, 0.05) is 12.0 Å². The van der Waals surface area contributed by atoms with Gasteiger partial charge in [0.1, 0.15) is 12.4 Å². The maximum atomic E-state index is 12.5. The molecule has 0 bridgehead atoms. The van der Waals surface area contributed by atoms with E-state index in [9.17, 15) is 9.59 Å². The smallest absolute Gasteiger partial charge is 0.224 e. The van der Waals surface area contributed by atoms with Crippen molar-refractivity contribution in [1.82, 2.24) is 0 Å². The SMILES string of the molecule is COc1cc(C(C)=O)ccc1OCCCC(=O)Nc1ccc(C)cc1OCc1ccccc1. The number of ether oxygens (including phenoxy) is 3. The van der Waals surface area contributed by atoms with E-state index in [1.807, 2.05) is 55.5 Å². The van der Waals surface area contributed by atoms with Crippen LogP contribution in [0.5, 0.6) is 17.2 Å². The minimum absolute atomic E-state index is 0.0419. The van der Waals surface area contributed by atoms with Crippen LogP contribution in [0.25, 0.3) is 0 Å².